The highest BCUT2D eigenvalue weighted by molar-refractivity contribution is 7.89. The molecule has 1 aromatic carbocycles. The van der Waals surface area contributed by atoms with Crippen molar-refractivity contribution < 1.29 is 8.42 Å². The zero-order valence-corrected chi connectivity index (χ0v) is 12.5. The third-order valence-electron chi connectivity index (χ3n) is 3.30. The molecular weight excluding hydrogens is 284 g/mol. The van der Waals surface area contributed by atoms with Gasteiger partial charge in [0.2, 0.25) is 10.0 Å². The minimum atomic E-state index is -3.47. The Kier molecular flexibility index (Phi) is 4.84. The van der Waals surface area contributed by atoms with Crippen molar-refractivity contribution in [2.45, 2.75) is 37.1 Å². The summed E-state index contributed by atoms with van der Waals surface area (Å²) in [6.07, 6.45) is 3.01. The SMILES string of the molecule is Cc1cc(Cl)ccc1S(=O)(=O)NC1CCCCNC1. The summed E-state index contributed by atoms with van der Waals surface area (Å²) in [5, 5.41) is 3.80. The van der Waals surface area contributed by atoms with Gasteiger partial charge in [0.25, 0.3) is 0 Å². The van der Waals surface area contributed by atoms with Crippen molar-refractivity contribution in [1.29, 1.82) is 0 Å². The third kappa shape index (κ3) is 3.92. The highest BCUT2D eigenvalue weighted by Crippen LogP contribution is 2.20. The molecule has 0 amide bonds. The Morgan fingerprint density at radius 3 is 2.89 bits per heavy atom. The molecule has 1 aliphatic heterocycles. The van der Waals surface area contributed by atoms with Crippen LogP contribution in [0.4, 0.5) is 0 Å². The number of hydrogen-bond donors (Lipinski definition) is 2. The van der Waals surface area contributed by atoms with Gasteiger partial charge in [-0.1, -0.05) is 18.0 Å². The van der Waals surface area contributed by atoms with E-state index in [9.17, 15) is 8.42 Å². The Hall–Kier alpha value is -0.620. The van der Waals surface area contributed by atoms with Crippen LogP contribution in [0.15, 0.2) is 23.1 Å². The Balaban J connectivity index is 2.17. The molecule has 1 aliphatic rings. The molecule has 0 aliphatic carbocycles. The first-order valence-corrected chi connectivity index (χ1v) is 8.34. The summed E-state index contributed by atoms with van der Waals surface area (Å²) in [6, 6.07) is 4.79. The molecule has 0 radical (unpaired) electrons. The lowest BCUT2D eigenvalue weighted by atomic mass is 10.2. The number of halogens is 1. The largest absolute Gasteiger partial charge is 0.315 e. The molecule has 0 aromatic heterocycles. The molecule has 1 fully saturated rings. The van der Waals surface area contributed by atoms with E-state index in [1.807, 2.05) is 0 Å². The first-order chi connectivity index (χ1) is 8.99. The van der Waals surface area contributed by atoms with E-state index in [1.165, 1.54) is 0 Å². The van der Waals surface area contributed by atoms with Crippen LogP contribution in [0, 0.1) is 6.92 Å². The van der Waals surface area contributed by atoms with Crippen molar-refractivity contribution in [3.63, 3.8) is 0 Å². The molecule has 19 heavy (non-hydrogen) atoms. The summed E-state index contributed by atoms with van der Waals surface area (Å²) >= 11 is 5.86. The van der Waals surface area contributed by atoms with Crippen LogP contribution in [-0.4, -0.2) is 27.5 Å². The number of hydrogen-bond acceptors (Lipinski definition) is 3. The predicted octanol–water partition coefficient (Wildman–Crippen LogP) is 2.07. The van der Waals surface area contributed by atoms with Crippen LogP contribution in [0.1, 0.15) is 24.8 Å². The maximum absolute atomic E-state index is 12.4. The third-order valence-corrected chi connectivity index (χ3v) is 5.21. The Morgan fingerprint density at radius 2 is 2.16 bits per heavy atom. The fourth-order valence-electron chi connectivity index (χ4n) is 2.32. The second kappa shape index (κ2) is 6.22. The lowest BCUT2D eigenvalue weighted by Crippen LogP contribution is -2.40. The predicted molar refractivity (Wildman–Crippen MR) is 77.0 cm³/mol. The van der Waals surface area contributed by atoms with Gasteiger partial charge in [0.05, 0.1) is 4.90 Å². The first-order valence-electron chi connectivity index (χ1n) is 6.48. The number of sulfonamides is 1. The van der Waals surface area contributed by atoms with E-state index in [-0.39, 0.29) is 6.04 Å². The average molecular weight is 303 g/mol. The fraction of sp³-hybridized carbons (Fsp3) is 0.538. The van der Waals surface area contributed by atoms with Gasteiger partial charge in [-0.2, -0.15) is 0 Å². The molecule has 6 heteroatoms. The minimum absolute atomic E-state index is 0.0393. The van der Waals surface area contributed by atoms with Crippen LogP contribution < -0.4 is 10.0 Å². The maximum atomic E-state index is 12.4. The number of benzene rings is 1. The minimum Gasteiger partial charge on any atom is -0.315 e. The fourth-order valence-corrected chi connectivity index (χ4v) is 4.04. The zero-order chi connectivity index (χ0) is 13.9. The molecule has 2 N–H and O–H groups in total. The second-order valence-corrected chi connectivity index (χ2v) is 7.05. The van der Waals surface area contributed by atoms with Gasteiger partial charge in [-0.05, 0) is 50.1 Å². The van der Waals surface area contributed by atoms with Crippen LogP contribution in [-0.2, 0) is 10.0 Å². The van der Waals surface area contributed by atoms with E-state index in [2.05, 4.69) is 10.0 Å². The summed E-state index contributed by atoms with van der Waals surface area (Å²) in [5.41, 5.74) is 0.668. The molecule has 0 bridgehead atoms. The molecule has 1 aromatic rings. The first kappa shape index (κ1) is 14.8. The van der Waals surface area contributed by atoms with E-state index < -0.39 is 10.0 Å². The van der Waals surface area contributed by atoms with E-state index in [1.54, 1.807) is 25.1 Å². The van der Waals surface area contributed by atoms with E-state index in [0.717, 1.165) is 25.8 Å². The van der Waals surface area contributed by atoms with Gasteiger partial charge in [-0.15, -0.1) is 0 Å². The summed E-state index contributed by atoms with van der Waals surface area (Å²) in [5.74, 6) is 0. The monoisotopic (exact) mass is 302 g/mol. The standard InChI is InChI=1S/C13H19ClN2O2S/c1-10-8-11(14)5-6-13(10)19(17,18)16-12-4-2-3-7-15-9-12/h5-6,8,12,15-16H,2-4,7,9H2,1H3. The molecule has 2 rings (SSSR count). The molecule has 1 unspecified atom stereocenters. The Bertz CT molecular complexity index is 538. The van der Waals surface area contributed by atoms with Gasteiger partial charge in [-0.3, -0.25) is 0 Å². The van der Waals surface area contributed by atoms with Gasteiger partial charge in [-0.25, -0.2) is 13.1 Å². The van der Waals surface area contributed by atoms with E-state index in [4.69, 9.17) is 11.6 Å². The van der Waals surface area contributed by atoms with Crippen molar-refractivity contribution >= 4 is 21.6 Å². The molecule has 0 spiro atoms. The van der Waals surface area contributed by atoms with Crippen molar-refractivity contribution in [2.75, 3.05) is 13.1 Å². The highest BCUT2D eigenvalue weighted by Gasteiger charge is 2.22. The average Bonchev–Trinajstić information content (AvgIpc) is 2.56. The van der Waals surface area contributed by atoms with Crippen LogP contribution in [0.25, 0.3) is 0 Å². The van der Waals surface area contributed by atoms with Gasteiger partial charge < -0.3 is 5.32 Å². The Morgan fingerprint density at radius 1 is 1.37 bits per heavy atom. The van der Waals surface area contributed by atoms with Gasteiger partial charge in [0.15, 0.2) is 0 Å². The normalized spacial score (nSPS) is 21.1. The molecule has 1 heterocycles. The lowest BCUT2D eigenvalue weighted by Gasteiger charge is -2.17. The van der Waals surface area contributed by atoms with Crippen LogP contribution in [0.2, 0.25) is 5.02 Å². The molecular formula is C13H19ClN2O2S. The van der Waals surface area contributed by atoms with Gasteiger partial charge in [0.1, 0.15) is 0 Å². The zero-order valence-electron chi connectivity index (χ0n) is 10.9. The van der Waals surface area contributed by atoms with Crippen LogP contribution in [0.5, 0.6) is 0 Å². The molecule has 4 nitrogen and oxygen atoms in total. The number of nitrogens with one attached hydrogen (secondary N) is 2. The topological polar surface area (TPSA) is 58.2 Å². The van der Waals surface area contributed by atoms with Gasteiger partial charge >= 0.3 is 0 Å². The summed E-state index contributed by atoms with van der Waals surface area (Å²) in [4.78, 5) is 0.307. The summed E-state index contributed by atoms with van der Waals surface area (Å²) in [7, 11) is -3.47. The van der Waals surface area contributed by atoms with Crippen molar-refractivity contribution in [1.82, 2.24) is 10.0 Å². The molecule has 0 saturated carbocycles. The van der Waals surface area contributed by atoms with Crippen LogP contribution >= 0.6 is 11.6 Å². The second-order valence-electron chi connectivity index (χ2n) is 4.93. The molecule has 106 valence electrons. The lowest BCUT2D eigenvalue weighted by molar-refractivity contribution is 0.521. The summed E-state index contributed by atoms with van der Waals surface area (Å²) in [6.45, 7) is 3.40. The van der Waals surface area contributed by atoms with Crippen molar-refractivity contribution in [2.24, 2.45) is 0 Å². The Labute approximate surface area is 119 Å². The van der Waals surface area contributed by atoms with Crippen molar-refractivity contribution in [3.05, 3.63) is 28.8 Å². The number of rotatable bonds is 3. The smallest absolute Gasteiger partial charge is 0.241 e. The molecule has 1 saturated heterocycles. The molecule has 1 atom stereocenters. The number of aryl methyl sites for hydroxylation is 1. The highest BCUT2D eigenvalue weighted by atomic mass is 35.5. The summed E-state index contributed by atoms with van der Waals surface area (Å²) < 4.78 is 27.5. The van der Waals surface area contributed by atoms with E-state index in [0.29, 0.717) is 22.0 Å². The maximum Gasteiger partial charge on any atom is 0.241 e. The van der Waals surface area contributed by atoms with Crippen LogP contribution in [0.3, 0.4) is 0 Å². The van der Waals surface area contributed by atoms with E-state index >= 15 is 0 Å². The van der Waals surface area contributed by atoms with Crippen molar-refractivity contribution in [3.8, 4) is 0 Å². The quantitative estimate of drug-likeness (QED) is 0.898. The van der Waals surface area contributed by atoms with Gasteiger partial charge in [0, 0.05) is 17.6 Å².